The number of fused-ring (bicyclic) bond motifs is 8. The summed E-state index contributed by atoms with van der Waals surface area (Å²) in [5, 5.41) is 44.4. The minimum atomic E-state index is -0.205. The van der Waals surface area contributed by atoms with Gasteiger partial charge in [-0.15, -0.1) is 0 Å². The number of hydrogen-bond acceptors (Lipinski definition) is 6. The number of carbonyl (C=O) groups excluding carboxylic acids is 2. The van der Waals surface area contributed by atoms with Crippen LogP contribution in [0.2, 0.25) is 0 Å². The van der Waals surface area contributed by atoms with Crippen LogP contribution in [0.4, 0.5) is 0 Å². The predicted molar refractivity (Wildman–Crippen MR) is 298 cm³/mol. The number of unbranched alkanes of at least 4 members (excludes halogenated alkanes) is 2. The third-order valence-electron chi connectivity index (χ3n) is 15.6. The smallest absolute Gasteiger partial charge is 0.194 e. The number of allylic oxidation sites excluding steroid dienone is 6. The molecule has 0 spiro atoms. The van der Waals surface area contributed by atoms with Crippen molar-refractivity contribution in [3.8, 4) is 35.4 Å². The molecule has 10 rings (SSSR count). The van der Waals surface area contributed by atoms with Crippen LogP contribution in [0, 0.1) is 57.2 Å². The average Bonchev–Trinajstić information content (AvgIpc) is 4.10. The highest BCUT2D eigenvalue weighted by Crippen LogP contribution is 2.43. The number of nitrogens with zero attached hydrogens (tertiary/aromatic N) is 6. The molecular formula is C66H56N6O2. The molecule has 74 heavy (non-hydrogen) atoms. The van der Waals surface area contributed by atoms with Crippen molar-refractivity contribution < 1.29 is 9.59 Å². The van der Waals surface area contributed by atoms with E-state index in [-0.39, 0.29) is 22.7 Å². The van der Waals surface area contributed by atoms with Crippen LogP contribution in [0.15, 0.2) is 144 Å². The standard InChI is InChI=1S/C66H56N6O2/c1-5-9-15-41(7-3)39-71-59-25-21-43(31-57-63(47(35-67)36-68)49-17-11-13-19-51(49)65(57)73)29-53(59)55-33-45(23-27-61(55)71)46-24-28-62-56(34-46)54-30-44(22-26-60(54)72(62)40-42(8-4)16-10-6-2)32-58-64(48(37-69)38-70)50-18-12-14-20-52(50)66(58)74/h11-14,17-34,41-42H,5-10,15-16,39-40H2,1-4H3/b57-31-,58-32-. The van der Waals surface area contributed by atoms with Gasteiger partial charge in [0.25, 0.3) is 0 Å². The molecule has 0 amide bonds. The lowest BCUT2D eigenvalue weighted by Gasteiger charge is -2.18. The molecule has 362 valence electrons. The van der Waals surface area contributed by atoms with Crippen molar-refractivity contribution in [3.05, 3.63) is 177 Å². The van der Waals surface area contributed by atoms with E-state index >= 15 is 0 Å². The van der Waals surface area contributed by atoms with Crippen molar-refractivity contribution >= 4 is 78.5 Å². The summed E-state index contributed by atoms with van der Waals surface area (Å²) in [5.74, 6) is 0.574. The maximum atomic E-state index is 14.0. The molecule has 0 saturated heterocycles. The predicted octanol–water partition coefficient (Wildman–Crippen LogP) is 16.2. The van der Waals surface area contributed by atoms with Crippen LogP contribution in [0.1, 0.15) is 122 Å². The third kappa shape index (κ3) is 8.53. The number of rotatable bonds is 15. The van der Waals surface area contributed by atoms with Gasteiger partial charge in [0.2, 0.25) is 0 Å². The minimum absolute atomic E-state index is 0.0875. The first-order valence-electron chi connectivity index (χ1n) is 26.1. The van der Waals surface area contributed by atoms with Crippen LogP contribution >= 0.6 is 0 Å². The average molecular weight is 965 g/mol. The zero-order chi connectivity index (χ0) is 51.6. The molecule has 6 aromatic carbocycles. The van der Waals surface area contributed by atoms with Gasteiger partial charge >= 0.3 is 0 Å². The van der Waals surface area contributed by atoms with Crippen molar-refractivity contribution in [2.45, 2.75) is 92.2 Å². The van der Waals surface area contributed by atoms with Crippen molar-refractivity contribution in [1.29, 1.82) is 21.0 Å². The van der Waals surface area contributed by atoms with E-state index in [1.165, 1.54) is 12.8 Å². The second kappa shape index (κ2) is 20.7. The quantitative estimate of drug-likeness (QED) is 0.0740. The summed E-state index contributed by atoms with van der Waals surface area (Å²) in [6.45, 7) is 10.8. The molecule has 0 N–H and O–H groups in total. The Morgan fingerprint density at radius 1 is 0.473 bits per heavy atom. The monoisotopic (exact) mass is 964 g/mol. The van der Waals surface area contributed by atoms with Gasteiger partial charge in [0, 0.05) is 90.1 Å². The van der Waals surface area contributed by atoms with E-state index < -0.39 is 0 Å². The van der Waals surface area contributed by atoms with Crippen LogP contribution in [0.3, 0.4) is 0 Å². The molecule has 8 heteroatoms. The fourth-order valence-corrected chi connectivity index (χ4v) is 11.6. The lowest BCUT2D eigenvalue weighted by Crippen LogP contribution is -2.10. The highest BCUT2D eigenvalue weighted by Gasteiger charge is 2.34. The van der Waals surface area contributed by atoms with Crippen molar-refractivity contribution in [2.75, 3.05) is 0 Å². The highest BCUT2D eigenvalue weighted by atomic mass is 16.1. The summed E-state index contributed by atoms with van der Waals surface area (Å²) in [6, 6.07) is 48.7. The Labute approximate surface area is 432 Å². The van der Waals surface area contributed by atoms with Gasteiger partial charge in [-0.2, -0.15) is 21.0 Å². The Hall–Kier alpha value is -8.82. The molecule has 0 aliphatic heterocycles. The van der Waals surface area contributed by atoms with E-state index in [9.17, 15) is 30.6 Å². The maximum Gasteiger partial charge on any atom is 0.194 e. The molecule has 2 aromatic heterocycles. The van der Waals surface area contributed by atoms with Crippen LogP contribution in [-0.2, 0) is 13.1 Å². The number of hydrogen-bond donors (Lipinski definition) is 0. The Morgan fingerprint density at radius 2 is 0.824 bits per heavy atom. The maximum absolute atomic E-state index is 14.0. The van der Waals surface area contributed by atoms with Crippen LogP contribution in [0.25, 0.3) is 78.0 Å². The van der Waals surface area contributed by atoms with Crippen molar-refractivity contribution in [2.24, 2.45) is 11.8 Å². The van der Waals surface area contributed by atoms with Crippen LogP contribution in [-0.4, -0.2) is 20.7 Å². The fraction of sp³-hybridized carbons (Fsp3) is 0.242. The molecule has 0 saturated carbocycles. The molecule has 0 radical (unpaired) electrons. The van der Waals surface area contributed by atoms with Gasteiger partial charge in [-0.1, -0.05) is 139 Å². The van der Waals surface area contributed by atoms with Gasteiger partial charge in [0.15, 0.2) is 11.6 Å². The fourth-order valence-electron chi connectivity index (χ4n) is 11.6. The minimum Gasteiger partial charge on any atom is -0.340 e. The number of benzene rings is 6. The Balaban J connectivity index is 1.14. The molecule has 2 aliphatic carbocycles. The highest BCUT2D eigenvalue weighted by molar-refractivity contribution is 6.31. The summed E-state index contributed by atoms with van der Waals surface area (Å²) in [6.07, 6.45) is 12.7. The Bertz CT molecular complexity index is 3660. The number of carbonyl (C=O) groups is 2. The summed E-state index contributed by atoms with van der Waals surface area (Å²) in [5.41, 5.74) is 11.6. The molecule has 0 bridgehead atoms. The molecule has 2 unspecified atom stereocenters. The number of Topliss-reactive ketones (excluding diaryl/α,β-unsaturated/α-hetero) is 2. The lowest BCUT2D eigenvalue weighted by molar-refractivity contribution is 0.103. The molecule has 2 atom stereocenters. The zero-order valence-corrected chi connectivity index (χ0v) is 42.4. The molecular weight excluding hydrogens is 909 g/mol. The summed E-state index contributed by atoms with van der Waals surface area (Å²) >= 11 is 0. The van der Waals surface area contributed by atoms with Crippen LogP contribution in [0.5, 0.6) is 0 Å². The summed E-state index contributed by atoms with van der Waals surface area (Å²) in [7, 11) is 0. The van der Waals surface area contributed by atoms with Crippen molar-refractivity contribution in [1.82, 2.24) is 9.13 Å². The normalized spacial score (nSPS) is 14.9. The van der Waals surface area contributed by atoms with E-state index in [1.807, 2.05) is 60.7 Å². The van der Waals surface area contributed by atoms with E-state index in [0.717, 1.165) is 117 Å². The van der Waals surface area contributed by atoms with Gasteiger partial charge in [-0.05, 0) is 119 Å². The molecule has 2 aliphatic rings. The molecule has 8 aromatic rings. The van der Waals surface area contributed by atoms with Gasteiger partial charge in [-0.25, -0.2) is 0 Å². The first-order chi connectivity index (χ1) is 36.2. The Kier molecular flexibility index (Phi) is 13.7. The summed E-state index contributed by atoms with van der Waals surface area (Å²) < 4.78 is 4.92. The van der Waals surface area contributed by atoms with E-state index in [2.05, 4.69) is 97.5 Å². The second-order valence-corrected chi connectivity index (χ2v) is 19.9. The topological polar surface area (TPSA) is 139 Å². The zero-order valence-electron chi connectivity index (χ0n) is 42.4. The first kappa shape index (κ1) is 48.8. The van der Waals surface area contributed by atoms with Gasteiger partial charge in [0.05, 0.1) is 0 Å². The third-order valence-corrected chi connectivity index (χ3v) is 15.6. The molecule has 8 nitrogen and oxygen atoms in total. The Morgan fingerprint density at radius 3 is 1.18 bits per heavy atom. The molecule has 0 fully saturated rings. The molecule has 2 heterocycles. The number of aromatic nitrogens is 2. The summed E-state index contributed by atoms with van der Waals surface area (Å²) in [4.78, 5) is 28.0. The van der Waals surface area contributed by atoms with E-state index in [4.69, 9.17) is 0 Å². The number of ketones is 2. The lowest BCUT2D eigenvalue weighted by atomic mass is 9.97. The van der Waals surface area contributed by atoms with Crippen molar-refractivity contribution in [3.63, 3.8) is 0 Å². The van der Waals surface area contributed by atoms with Gasteiger partial charge in [0.1, 0.15) is 35.4 Å². The van der Waals surface area contributed by atoms with Gasteiger partial charge < -0.3 is 9.13 Å². The number of nitriles is 4. The SMILES string of the molecule is CCCCC(CC)Cn1c2ccc(/C=C3\C(=O)c4ccccc4C3=C(C#N)C#N)cc2c2cc(-c3ccc4c(c3)c3cc(/C=C5\C(=O)c6ccccc6C5=C(C#N)C#N)ccc3n4CC(CC)CCCC)ccc21. The van der Waals surface area contributed by atoms with Gasteiger partial charge in [-0.3, -0.25) is 9.59 Å². The van der Waals surface area contributed by atoms with E-state index in [1.54, 1.807) is 36.4 Å². The first-order valence-corrected chi connectivity index (χ1v) is 26.1. The van der Waals surface area contributed by atoms with Crippen LogP contribution < -0.4 is 0 Å². The van der Waals surface area contributed by atoms with E-state index in [0.29, 0.717) is 56.4 Å². The second-order valence-electron chi connectivity index (χ2n) is 19.9. The largest absolute Gasteiger partial charge is 0.340 e.